The summed E-state index contributed by atoms with van der Waals surface area (Å²) in [4.78, 5) is 17.9. The van der Waals surface area contributed by atoms with Crippen LogP contribution < -0.4 is 5.32 Å². The number of hydrogen-bond donors (Lipinski definition) is 1. The van der Waals surface area contributed by atoms with E-state index in [0.717, 1.165) is 33.3 Å². The van der Waals surface area contributed by atoms with Crippen molar-refractivity contribution in [3.05, 3.63) is 108 Å². The topological polar surface area (TPSA) is 42.0 Å². The van der Waals surface area contributed by atoms with E-state index in [1.165, 1.54) is 23.5 Å². The second-order valence-electron chi connectivity index (χ2n) is 7.65. The molecule has 0 atom stereocenters. The third-order valence-corrected chi connectivity index (χ3v) is 6.64. The summed E-state index contributed by atoms with van der Waals surface area (Å²) >= 11 is 1.38. The molecule has 5 rings (SSSR count). The molecule has 7 heteroatoms. The number of anilines is 1. The summed E-state index contributed by atoms with van der Waals surface area (Å²) in [7, 11) is 0. The molecule has 0 aliphatic heterocycles. The number of alkyl halides is 3. The smallest absolute Gasteiger partial charge is 0.322 e. The highest BCUT2D eigenvalue weighted by Crippen LogP contribution is 2.41. The maximum absolute atomic E-state index is 13.4. The van der Waals surface area contributed by atoms with Gasteiger partial charge in [0.25, 0.3) is 5.91 Å². The van der Waals surface area contributed by atoms with Crippen molar-refractivity contribution in [1.29, 1.82) is 0 Å². The molecule has 0 saturated carbocycles. The summed E-state index contributed by atoms with van der Waals surface area (Å²) in [6.07, 6.45) is -1.28. The number of amides is 1. The summed E-state index contributed by atoms with van der Waals surface area (Å²) in [6.45, 7) is 0. The van der Waals surface area contributed by atoms with Gasteiger partial charge in [-0.05, 0) is 47.0 Å². The molecule has 0 saturated heterocycles. The lowest BCUT2D eigenvalue weighted by Gasteiger charge is -2.09. The first-order valence-electron chi connectivity index (χ1n) is 10.4. The van der Waals surface area contributed by atoms with Crippen molar-refractivity contribution in [3.8, 4) is 21.6 Å². The molecular weight excluding hydrogens is 457 g/mol. The van der Waals surface area contributed by atoms with Crippen molar-refractivity contribution >= 4 is 33.0 Å². The van der Waals surface area contributed by atoms with Crippen LogP contribution >= 0.6 is 11.3 Å². The number of nitrogens with zero attached hydrogens (tertiary/aromatic N) is 1. The maximum Gasteiger partial charge on any atom is 0.416 e. The molecule has 0 radical (unpaired) electrons. The molecule has 1 amide bonds. The van der Waals surface area contributed by atoms with E-state index in [2.05, 4.69) is 10.3 Å². The molecule has 0 unspecified atom stereocenters. The molecule has 5 aromatic rings. The van der Waals surface area contributed by atoms with Gasteiger partial charge in [0, 0.05) is 33.0 Å². The number of halogens is 3. The molecule has 34 heavy (non-hydrogen) atoms. The predicted molar refractivity (Wildman–Crippen MR) is 130 cm³/mol. The predicted octanol–water partition coefficient (Wildman–Crippen LogP) is 7.90. The first-order chi connectivity index (χ1) is 16.4. The van der Waals surface area contributed by atoms with E-state index in [1.54, 1.807) is 24.5 Å². The Morgan fingerprint density at radius 2 is 1.47 bits per heavy atom. The molecule has 0 spiro atoms. The average Bonchev–Trinajstić information content (AvgIpc) is 3.24. The molecule has 0 fully saturated rings. The number of rotatable bonds is 4. The Morgan fingerprint density at radius 1 is 0.794 bits per heavy atom. The Morgan fingerprint density at radius 3 is 2.15 bits per heavy atom. The van der Waals surface area contributed by atoms with Crippen molar-refractivity contribution in [3.63, 3.8) is 0 Å². The van der Waals surface area contributed by atoms with Gasteiger partial charge in [0.1, 0.15) is 0 Å². The van der Waals surface area contributed by atoms with Crippen LogP contribution in [0.3, 0.4) is 0 Å². The fourth-order valence-corrected chi connectivity index (χ4v) is 5.02. The number of carbonyl (C=O) groups is 1. The number of nitrogens with one attached hydrogen (secondary N) is 1. The number of fused-ring (bicyclic) bond motifs is 1. The van der Waals surface area contributed by atoms with Gasteiger partial charge in [-0.3, -0.25) is 9.78 Å². The standard InChI is InChI=1S/C27H17F3N2OS/c28-27(29,30)20-9-6-18(7-10-20)25-24(26(33)32-21-12-14-31-15-13-21)22-11-8-19(16-23(22)34-25)17-4-2-1-3-5-17/h1-16H,(H,31,32,33). The molecule has 0 aliphatic rings. The molecule has 3 nitrogen and oxygen atoms in total. The van der Waals surface area contributed by atoms with E-state index in [9.17, 15) is 18.0 Å². The third kappa shape index (κ3) is 4.30. The summed E-state index contributed by atoms with van der Waals surface area (Å²) in [6, 6.07) is 24.0. The molecule has 0 bridgehead atoms. The van der Waals surface area contributed by atoms with Gasteiger partial charge in [0.05, 0.1) is 11.1 Å². The van der Waals surface area contributed by atoms with Crippen LogP contribution in [0.25, 0.3) is 31.7 Å². The maximum atomic E-state index is 13.4. The van der Waals surface area contributed by atoms with E-state index >= 15 is 0 Å². The van der Waals surface area contributed by atoms with Crippen LogP contribution in [0.5, 0.6) is 0 Å². The summed E-state index contributed by atoms with van der Waals surface area (Å²) < 4.78 is 40.1. The largest absolute Gasteiger partial charge is 0.416 e. The summed E-state index contributed by atoms with van der Waals surface area (Å²) in [5, 5.41) is 3.62. The second-order valence-corrected chi connectivity index (χ2v) is 8.70. The second kappa shape index (κ2) is 8.76. The van der Waals surface area contributed by atoms with E-state index in [0.29, 0.717) is 21.7 Å². The zero-order chi connectivity index (χ0) is 23.7. The van der Waals surface area contributed by atoms with E-state index < -0.39 is 11.7 Å². The molecule has 168 valence electrons. The molecule has 0 aliphatic carbocycles. The Bertz CT molecular complexity index is 1460. The van der Waals surface area contributed by atoms with Gasteiger partial charge in [-0.1, -0.05) is 54.6 Å². The lowest BCUT2D eigenvalue weighted by Crippen LogP contribution is -2.12. The Balaban J connectivity index is 1.64. The van der Waals surface area contributed by atoms with Gasteiger partial charge in [-0.2, -0.15) is 13.2 Å². The minimum Gasteiger partial charge on any atom is -0.322 e. The van der Waals surface area contributed by atoms with Crippen molar-refractivity contribution in [2.24, 2.45) is 0 Å². The number of benzene rings is 3. The first-order valence-corrected chi connectivity index (χ1v) is 11.2. The lowest BCUT2D eigenvalue weighted by atomic mass is 10.0. The van der Waals surface area contributed by atoms with Crippen LogP contribution in [0.4, 0.5) is 18.9 Å². The van der Waals surface area contributed by atoms with Crippen molar-refractivity contribution in [1.82, 2.24) is 4.98 Å². The average molecular weight is 475 g/mol. The highest BCUT2D eigenvalue weighted by atomic mass is 32.1. The third-order valence-electron chi connectivity index (χ3n) is 5.44. The van der Waals surface area contributed by atoms with Crippen LogP contribution in [0.15, 0.2) is 97.3 Å². The van der Waals surface area contributed by atoms with Crippen molar-refractivity contribution < 1.29 is 18.0 Å². The number of pyridine rings is 1. The monoisotopic (exact) mass is 474 g/mol. The first kappa shape index (κ1) is 21.9. The van der Waals surface area contributed by atoms with Gasteiger partial charge in [0.2, 0.25) is 0 Å². The summed E-state index contributed by atoms with van der Waals surface area (Å²) in [5.74, 6) is -0.334. The van der Waals surface area contributed by atoms with E-state index in [-0.39, 0.29) is 5.91 Å². The Labute approximate surface area is 197 Å². The van der Waals surface area contributed by atoms with Gasteiger partial charge in [0.15, 0.2) is 0 Å². The van der Waals surface area contributed by atoms with Gasteiger partial charge >= 0.3 is 6.18 Å². The van der Waals surface area contributed by atoms with Crippen molar-refractivity contribution in [2.45, 2.75) is 6.18 Å². The van der Waals surface area contributed by atoms with Crippen molar-refractivity contribution in [2.75, 3.05) is 5.32 Å². The normalized spacial score (nSPS) is 11.5. The van der Waals surface area contributed by atoms with Gasteiger partial charge in [-0.25, -0.2) is 0 Å². The number of thiophene rings is 1. The SMILES string of the molecule is O=C(Nc1ccncc1)c1c(-c2ccc(C(F)(F)F)cc2)sc2cc(-c3ccccc3)ccc12. The Hall–Kier alpha value is -3.97. The molecular formula is C27H17F3N2OS. The quantitative estimate of drug-likeness (QED) is 0.288. The van der Waals surface area contributed by atoms with E-state index in [4.69, 9.17) is 0 Å². The molecule has 2 heterocycles. The van der Waals surface area contributed by atoms with Crippen LogP contribution in [-0.2, 0) is 6.18 Å². The van der Waals surface area contributed by atoms with Crippen LogP contribution in [0.1, 0.15) is 15.9 Å². The van der Waals surface area contributed by atoms with Crippen LogP contribution in [-0.4, -0.2) is 10.9 Å². The fraction of sp³-hybridized carbons (Fsp3) is 0.0370. The zero-order valence-corrected chi connectivity index (χ0v) is 18.5. The van der Waals surface area contributed by atoms with Gasteiger partial charge in [-0.15, -0.1) is 11.3 Å². The number of aromatic nitrogens is 1. The van der Waals surface area contributed by atoms with Gasteiger partial charge < -0.3 is 5.32 Å². The number of hydrogen-bond acceptors (Lipinski definition) is 3. The highest BCUT2D eigenvalue weighted by Gasteiger charge is 2.30. The van der Waals surface area contributed by atoms with E-state index in [1.807, 2.05) is 48.5 Å². The van der Waals surface area contributed by atoms with Crippen LogP contribution in [0.2, 0.25) is 0 Å². The molecule has 1 N–H and O–H groups in total. The highest BCUT2D eigenvalue weighted by molar-refractivity contribution is 7.22. The Kier molecular flexibility index (Phi) is 5.63. The molecule has 2 aromatic heterocycles. The fourth-order valence-electron chi connectivity index (χ4n) is 3.77. The number of carbonyl (C=O) groups excluding carboxylic acids is 1. The minimum atomic E-state index is -4.43. The van der Waals surface area contributed by atoms with Crippen LogP contribution in [0, 0.1) is 0 Å². The zero-order valence-electron chi connectivity index (χ0n) is 17.6. The molecule has 3 aromatic carbocycles. The lowest BCUT2D eigenvalue weighted by molar-refractivity contribution is -0.137. The summed E-state index contributed by atoms with van der Waals surface area (Å²) in [5.41, 5.74) is 2.86. The minimum absolute atomic E-state index is 0.334.